The van der Waals surface area contributed by atoms with Crippen LogP contribution in [0.5, 0.6) is 0 Å². The van der Waals surface area contributed by atoms with E-state index < -0.39 is 29.1 Å². The van der Waals surface area contributed by atoms with Crippen LogP contribution in [0, 0.1) is 25.5 Å². The SMILES string of the molecule is CCOC(=O)c1c(C)nn(-c2ccc(NC(=O)c3c(F)cccc3F)cn2)c1C. The Kier molecular flexibility index (Phi) is 5.67. The Bertz CT molecular complexity index is 1060. The monoisotopic (exact) mass is 400 g/mol. The highest BCUT2D eigenvalue weighted by Gasteiger charge is 2.21. The molecule has 0 saturated carbocycles. The second-order valence-electron chi connectivity index (χ2n) is 6.13. The molecule has 0 unspecified atom stereocenters. The van der Waals surface area contributed by atoms with E-state index in [2.05, 4.69) is 15.4 Å². The Hall–Kier alpha value is -3.62. The maximum Gasteiger partial charge on any atom is 0.341 e. The largest absolute Gasteiger partial charge is 0.462 e. The molecular weight excluding hydrogens is 382 g/mol. The van der Waals surface area contributed by atoms with E-state index in [1.165, 1.54) is 23.0 Å². The van der Waals surface area contributed by atoms with Crippen LogP contribution >= 0.6 is 0 Å². The molecule has 29 heavy (non-hydrogen) atoms. The quantitative estimate of drug-likeness (QED) is 0.662. The number of halogens is 2. The molecule has 9 heteroatoms. The van der Waals surface area contributed by atoms with Crippen LogP contribution in [0.15, 0.2) is 36.5 Å². The molecule has 0 bridgehead atoms. The molecule has 1 N–H and O–H groups in total. The number of pyridine rings is 1. The van der Waals surface area contributed by atoms with Gasteiger partial charge in [0.05, 0.1) is 29.9 Å². The molecule has 2 aromatic heterocycles. The average molecular weight is 400 g/mol. The fourth-order valence-electron chi connectivity index (χ4n) is 2.86. The second-order valence-corrected chi connectivity index (χ2v) is 6.13. The number of carbonyl (C=O) groups excluding carboxylic acids is 2. The van der Waals surface area contributed by atoms with Gasteiger partial charge in [-0.15, -0.1) is 0 Å². The first kappa shape index (κ1) is 20.1. The van der Waals surface area contributed by atoms with Gasteiger partial charge in [-0.25, -0.2) is 23.2 Å². The van der Waals surface area contributed by atoms with E-state index in [1.54, 1.807) is 26.8 Å². The van der Waals surface area contributed by atoms with Gasteiger partial charge in [-0.2, -0.15) is 5.10 Å². The number of hydrogen-bond donors (Lipinski definition) is 1. The summed E-state index contributed by atoms with van der Waals surface area (Å²) in [6.07, 6.45) is 1.33. The highest BCUT2D eigenvalue weighted by Crippen LogP contribution is 2.20. The van der Waals surface area contributed by atoms with Crippen molar-refractivity contribution in [3.05, 3.63) is 70.7 Å². The molecule has 0 fully saturated rings. The summed E-state index contributed by atoms with van der Waals surface area (Å²) in [5.41, 5.74) is 0.984. The first-order valence-corrected chi connectivity index (χ1v) is 8.78. The van der Waals surface area contributed by atoms with E-state index in [9.17, 15) is 18.4 Å². The van der Waals surface area contributed by atoms with Crippen LogP contribution in [0.1, 0.15) is 39.0 Å². The van der Waals surface area contributed by atoms with Gasteiger partial charge < -0.3 is 10.1 Å². The summed E-state index contributed by atoms with van der Waals surface area (Å²) < 4.78 is 34.0. The molecule has 0 saturated heterocycles. The van der Waals surface area contributed by atoms with E-state index in [0.717, 1.165) is 12.1 Å². The lowest BCUT2D eigenvalue weighted by atomic mass is 10.2. The molecule has 0 aliphatic carbocycles. The Morgan fingerprint density at radius 1 is 1.10 bits per heavy atom. The molecule has 0 radical (unpaired) electrons. The van der Waals surface area contributed by atoms with Gasteiger partial charge in [-0.1, -0.05) is 6.07 Å². The summed E-state index contributed by atoms with van der Waals surface area (Å²) in [4.78, 5) is 28.5. The molecule has 2 heterocycles. The molecule has 0 atom stereocenters. The van der Waals surface area contributed by atoms with Crippen molar-refractivity contribution in [1.82, 2.24) is 14.8 Å². The van der Waals surface area contributed by atoms with E-state index in [0.29, 0.717) is 22.8 Å². The van der Waals surface area contributed by atoms with Gasteiger partial charge in [0.2, 0.25) is 0 Å². The lowest BCUT2D eigenvalue weighted by Gasteiger charge is -2.08. The number of esters is 1. The topological polar surface area (TPSA) is 86.1 Å². The van der Waals surface area contributed by atoms with Gasteiger partial charge >= 0.3 is 5.97 Å². The fraction of sp³-hybridized carbons (Fsp3) is 0.200. The van der Waals surface area contributed by atoms with Gasteiger partial charge in [0.25, 0.3) is 5.91 Å². The number of carbonyl (C=O) groups is 2. The number of ether oxygens (including phenoxy) is 1. The predicted molar refractivity (Wildman–Crippen MR) is 101 cm³/mol. The number of nitrogens with one attached hydrogen (secondary N) is 1. The van der Waals surface area contributed by atoms with Gasteiger partial charge in [0.15, 0.2) is 5.82 Å². The molecule has 150 valence electrons. The maximum absolute atomic E-state index is 13.7. The molecule has 0 aliphatic rings. The summed E-state index contributed by atoms with van der Waals surface area (Å²) in [6, 6.07) is 6.25. The van der Waals surface area contributed by atoms with Crippen molar-refractivity contribution in [2.75, 3.05) is 11.9 Å². The summed E-state index contributed by atoms with van der Waals surface area (Å²) in [6.45, 7) is 5.37. The minimum atomic E-state index is -0.957. The average Bonchev–Trinajstić information content (AvgIpc) is 2.96. The second kappa shape index (κ2) is 8.17. The van der Waals surface area contributed by atoms with E-state index in [1.807, 2.05) is 0 Å². The Morgan fingerprint density at radius 3 is 2.38 bits per heavy atom. The number of benzene rings is 1. The number of anilines is 1. The summed E-state index contributed by atoms with van der Waals surface area (Å²) in [5, 5.41) is 6.71. The third-order valence-corrected chi connectivity index (χ3v) is 4.18. The normalized spacial score (nSPS) is 10.7. The molecule has 7 nitrogen and oxygen atoms in total. The van der Waals surface area contributed by atoms with Crippen molar-refractivity contribution in [2.24, 2.45) is 0 Å². The number of aryl methyl sites for hydroxylation is 1. The number of amides is 1. The molecule has 3 rings (SSSR count). The summed E-state index contributed by atoms with van der Waals surface area (Å²) >= 11 is 0. The van der Waals surface area contributed by atoms with Crippen LogP contribution in [0.3, 0.4) is 0 Å². The number of nitrogens with zero attached hydrogens (tertiary/aromatic N) is 3. The van der Waals surface area contributed by atoms with Gasteiger partial charge in [0.1, 0.15) is 22.8 Å². The Balaban J connectivity index is 1.83. The Morgan fingerprint density at radius 2 is 1.79 bits per heavy atom. The molecule has 1 aromatic carbocycles. The molecule has 3 aromatic rings. The van der Waals surface area contributed by atoms with E-state index >= 15 is 0 Å². The van der Waals surface area contributed by atoms with Crippen LogP contribution < -0.4 is 5.32 Å². The minimum absolute atomic E-state index is 0.244. The zero-order chi connectivity index (χ0) is 21.1. The Labute approximate surface area is 165 Å². The number of hydrogen-bond acceptors (Lipinski definition) is 5. The van der Waals surface area contributed by atoms with E-state index in [-0.39, 0.29) is 12.3 Å². The van der Waals surface area contributed by atoms with Gasteiger partial charge in [-0.05, 0) is 45.0 Å². The first-order valence-electron chi connectivity index (χ1n) is 8.78. The van der Waals surface area contributed by atoms with Gasteiger partial charge in [-0.3, -0.25) is 4.79 Å². The lowest BCUT2D eigenvalue weighted by Crippen LogP contribution is -2.16. The van der Waals surface area contributed by atoms with Crippen LogP contribution in [-0.2, 0) is 4.74 Å². The van der Waals surface area contributed by atoms with Crippen molar-refractivity contribution in [1.29, 1.82) is 0 Å². The highest BCUT2D eigenvalue weighted by atomic mass is 19.1. The zero-order valence-electron chi connectivity index (χ0n) is 16.0. The number of aromatic nitrogens is 3. The standard InChI is InChI=1S/C20H18F2N4O3/c1-4-29-20(28)17-11(2)25-26(12(17)3)16-9-8-13(10-23-16)24-19(27)18-14(21)6-5-7-15(18)22/h5-10H,4H2,1-3H3,(H,24,27). The van der Waals surface area contributed by atoms with Crippen LogP contribution in [0.2, 0.25) is 0 Å². The molecule has 1 amide bonds. The van der Waals surface area contributed by atoms with Gasteiger partial charge in [0, 0.05) is 0 Å². The molecule has 0 spiro atoms. The van der Waals surface area contributed by atoms with Crippen LogP contribution in [0.25, 0.3) is 5.82 Å². The fourth-order valence-corrected chi connectivity index (χ4v) is 2.86. The highest BCUT2D eigenvalue weighted by molar-refractivity contribution is 6.04. The first-order chi connectivity index (χ1) is 13.8. The maximum atomic E-state index is 13.7. The summed E-state index contributed by atoms with van der Waals surface area (Å²) in [7, 11) is 0. The van der Waals surface area contributed by atoms with Crippen molar-refractivity contribution in [3.63, 3.8) is 0 Å². The van der Waals surface area contributed by atoms with Crippen molar-refractivity contribution >= 4 is 17.6 Å². The summed E-state index contributed by atoms with van der Waals surface area (Å²) in [5.74, 6) is -2.91. The third-order valence-electron chi connectivity index (χ3n) is 4.18. The van der Waals surface area contributed by atoms with Crippen molar-refractivity contribution < 1.29 is 23.1 Å². The predicted octanol–water partition coefficient (Wildman–Crippen LogP) is 3.59. The number of rotatable bonds is 5. The van der Waals surface area contributed by atoms with Crippen molar-refractivity contribution in [3.8, 4) is 5.82 Å². The molecular formula is C20H18F2N4O3. The van der Waals surface area contributed by atoms with E-state index in [4.69, 9.17) is 4.74 Å². The van der Waals surface area contributed by atoms with Crippen LogP contribution in [-0.4, -0.2) is 33.2 Å². The van der Waals surface area contributed by atoms with Crippen molar-refractivity contribution in [2.45, 2.75) is 20.8 Å². The smallest absolute Gasteiger partial charge is 0.341 e. The third kappa shape index (κ3) is 3.98. The minimum Gasteiger partial charge on any atom is -0.462 e. The zero-order valence-corrected chi connectivity index (χ0v) is 16.0. The molecule has 0 aliphatic heterocycles. The lowest BCUT2D eigenvalue weighted by molar-refractivity contribution is 0.0524. The van der Waals surface area contributed by atoms with Crippen LogP contribution in [0.4, 0.5) is 14.5 Å².